The third kappa shape index (κ3) is 3.89. The van der Waals surface area contributed by atoms with Gasteiger partial charge in [-0.2, -0.15) is 0 Å². The van der Waals surface area contributed by atoms with Gasteiger partial charge in [-0.15, -0.1) is 0 Å². The van der Waals surface area contributed by atoms with Crippen molar-refractivity contribution in [2.45, 2.75) is 46.7 Å². The fraction of sp³-hybridized carbons (Fsp3) is 0.412. The fourth-order valence-electron chi connectivity index (χ4n) is 2.51. The molecular weight excluding hydrogens is 298 g/mol. The fourth-order valence-corrected chi connectivity index (χ4v) is 2.64. The number of hydrogen-bond acceptors (Lipinski definition) is 2. The van der Waals surface area contributed by atoms with E-state index in [1.165, 1.54) is 0 Å². The Hall–Kier alpha value is -1.81. The summed E-state index contributed by atoms with van der Waals surface area (Å²) in [5.74, 6) is 0.987. The Bertz CT molecular complexity index is 661. The van der Waals surface area contributed by atoms with Crippen LogP contribution in [0, 0.1) is 20.8 Å². The molecule has 4 nitrogen and oxygen atoms in total. The van der Waals surface area contributed by atoms with E-state index in [-0.39, 0.29) is 11.9 Å². The highest BCUT2D eigenvalue weighted by Gasteiger charge is 2.12. The second-order valence-corrected chi connectivity index (χ2v) is 6.01. The van der Waals surface area contributed by atoms with Crippen molar-refractivity contribution in [1.82, 2.24) is 14.9 Å². The Morgan fingerprint density at radius 2 is 1.91 bits per heavy atom. The van der Waals surface area contributed by atoms with Crippen molar-refractivity contribution in [3.63, 3.8) is 0 Å². The summed E-state index contributed by atoms with van der Waals surface area (Å²) in [4.78, 5) is 16.5. The van der Waals surface area contributed by atoms with Crippen LogP contribution in [0.5, 0.6) is 0 Å². The molecule has 5 heteroatoms. The molecule has 1 atom stereocenters. The summed E-state index contributed by atoms with van der Waals surface area (Å²) < 4.78 is 2.09. The summed E-state index contributed by atoms with van der Waals surface area (Å²) in [5, 5.41) is 3.71. The molecule has 0 aliphatic rings. The van der Waals surface area contributed by atoms with Crippen molar-refractivity contribution in [1.29, 1.82) is 0 Å². The summed E-state index contributed by atoms with van der Waals surface area (Å²) in [5.41, 5.74) is 3.19. The first-order valence-corrected chi connectivity index (χ1v) is 7.81. The van der Waals surface area contributed by atoms with Gasteiger partial charge in [0.15, 0.2) is 0 Å². The summed E-state index contributed by atoms with van der Waals surface area (Å²) in [7, 11) is 0. The first-order valence-electron chi connectivity index (χ1n) is 7.43. The minimum atomic E-state index is -0.0310. The number of nitrogens with zero attached hydrogens (tertiary/aromatic N) is 2. The van der Waals surface area contributed by atoms with Gasteiger partial charge >= 0.3 is 0 Å². The quantitative estimate of drug-likeness (QED) is 0.912. The number of rotatable bonds is 5. The molecular formula is C17H22ClN3O. The molecule has 2 rings (SSSR count). The summed E-state index contributed by atoms with van der Waals surface area (Å²) in [6.07, 6.45) is 0.440. The second kappa shape index (κ2) is 6.97. The standard InChI is InChI=1S/C17H22ClN3O/c1-11-13(3)21(14(4)19-11)10-9-17(22)20-12(2)15-5-7-16(18)8-6-15/h5-8,12H,9-10H2,1-4H3,(H,20,22). The average molecular weight is 320 g/mol. The average Bonchev–Trinajstić information content (AvgIpc) is 2.70. The van der Waals surface area contributed by atoms with Crippen LogP contribution < -0.4 is 5.32 Å². The van der Waals surface area contributed by atoms with Gasteiger partial charge in [0.05, 0.1) is 11.7 Å². The van der Waals surface area contributed by atoms with Crippen LogP contribution in [0.1, 0.15) is 42.2 Å². The summed E-state index contributed by atoms with van der Waals surface area (Å²) in [6, 6.07) is 7.50. The van der Waals surface area contributed by atoms with Gasteiger partial charge in [-0.3, -0.25) is 4.79 Å². The van der Waals surface area contributed by atoms with Crippen molar-refractivity contribution in [3.05, 3.63) is 52.1 Å². The van der Waals surface area contributed by atoms with Crippen LogP contribution in [-0.4, -0.2) is 15.5 Å². The Kier molecular flexibility index (Phi) is 5.24. The normalized spacial score (nSPS) is 12.2. The zero-order valence-corrected chi connectivity index (χ0v) is 14.2. The maximum atomic E-state index is 12.1. The molecule has 1 heterocycles. The van der Waals surface area contributed by atoms with E-state index in [9.17, 15) is 4.79 Å². The number of carbonyl (C=O) groups excluding carboxylic acids is 1. The number of benzene rings is 1. The van der Waals surface area contributed by atoms with Crippen LogP contribution in [0.3, 0.4) is 0 Å². The number of carbonyl (C=O) groups is 1. The van der Waals surface area contributed by atoms with E-state index in [1.807, 2.05) is 52.0 Å². The van der Waals surface area contributed by atoms with Gasteiger partial charge in [0.25, 0.3) is 0 Å². The third-order valence-corrected chi connectivity index (χ3v) is 4.21. The SMILES string of the molecule is Cc1nc(C)n(CCC(=O)NC(C)c2ccc(Cl)cc2)c1C. The molecule has 1 unspecified atom stereocenters. The molecule has 0 radical (unpaired) electrons. The number of amides is 1. The third-order valence-electron chi connectivity index (χ3n) is 3.96. The highest BCUT2D eigenvalue weighted by atomic mass is 35.5. The molecule has 0 bridgehead atoms. The van der Waals surface area contributed by atoms with Crippen LogP contribution in [-0.2, 0) is 11.3 Å². The first-order chi connectivity index (χ1) is 10.4. The molecule has 1 N–H and O–H groups in total. The van der Waals surface area contributed by atoms with Crippen LogP contribution in [0.15, 0.2) is 24.3 Å². The van der Waals surface area contributed by atoms with Crippen molar-refractivity contribution in [2.75, 3.05) is 0 Å². The molecule has 0 fully saturated rings. The van der Waals surface area contributed by atoms with E-state index < -0.39 is 0 Å². The zero-order chi connectivity index (χ0) is 16.3. The highest BCUT2D eigenvalue weighted by Crippen LogP contribution is 2.16. The van der Waals surface area contributed by atoms with E-state index in [2.05, 4.69) is 14.9 Å². The molecule has 22 heavy (non-hydrogen) atoms. The summed E-state index contributed by atoms with van der Waals surface area (Å²) in [6.45, 7) is 8.61. The maximum Gasteiger partial charge on any atom is 0.222 e. The molecule has 1 aromatic heterocycles. The van der Waals surface area contributed by atoms with Gasteiger partial charge in [-0.1, -0.05) is 23.7 Å². The van der Waals surface area contributed by atoms with E-state index in [0.717, 1.165) is 22.8 Å². The molecule has 0 saturated heterocycles. The van der Waals surface area contributed by atoms with Gasteiger partial charge in [0.2, 0.25) is 5.91 Å². The number of halogens is 1. The molecule has 118 valence electrons. The number of imidazole rings is 1. The smallest absolute Gasteiger partial charge is 0.222 e. The van der Waals surface area contributed by atoms with E-state index in [1.54, 1.807) is 0 Å². The number of hydrogen-bond donors (Lipinski definition) is 1. The van der Waals surface area contributed by atoms with Crippen molar-refractivity contribution in [2.24, 2.45) is 0 Å². The molecule has 0 saturated carbocycles. The lowest BCUT2D eigenvalue weighted by Crippen LogP contribution is -2.27. The maximum absolute atomic E-state index is 12.1. The topological polar surface area (TPSA) is 46.9 Å². The minimum Gasteiger partial charge on any atom is -0.350 e. The highest BCUT2D eigenvalue weighted by molar-refractivity contribution is 6.30. The Balaban J connectivity index is 1.91. The van der Waals surface area contributed by atoms with Gasteiger partial charge in [0, 0.05) is 23.7 Å². The number of aryl methyl sites for hydroxylation is 2. The lowest BCUT2D eigenvalue weighted by atomic mass is 10.1. The molecule has 0 aliphatic carbocycles. The van der Waals surface area contributed by atoms with Crippen molar-refractivity contribution in [3.8, 4) is 0 Å². The Morgan fingerprint density at radius 1 is 1.27 bits per heavy atom. The van der Waals surface area contributed by atoms with Crippen LogP contribution >= 0.6 is 11.6 Å². The Morgan fingerprint density at radius 3 is 2.45 bits per heavy atom. The lowest BCUT2D eigenvalue weighted by molar-refractivity contribution is -0.121. The largest absolute Gasteiger partial charge is 0.350 e. The predicted octanol–water partition coefficient (Wildman–Crippen LogP) is 3.73. The number of nitrogens with one attached hydrogen (secondary N) is 1. The van der Waals surface area contributed by atoms with Gasteiger partial charge in [0.1, 0.15) is 5.82 Å². The van der Waals surface area contributed by atoms with E-state index >= 15 is 0 Å². The molecule has 0 spiro atoms. The van der Waals surface area contributed by atoms with Crippen LogP contribution in [0.4, 0.5) is 0 Å². The van der Waals surface area contributed by atoms with Gasteiger partial charge < -0.3 is 9.88 Å². The van der Waals surface area contributed by atoms with Crippen LogP contribution in [0.25, 0.3) is 0 Å². The number of aromatic nitrogens is 2. The molecule has 1 aromatic carbocycles. The van der Waals surface area contributed by atoms with E-state index in [0.29, 0.717) is 18.0 Å². The second-order valence-electron chi connectivity index (χ2n) is 5.57. The molecule has 1 amide bonds. The Labute approximate surface area is 136 Å². The van der Waals surface area contributed by atoms with Gasteiger partial charge in [-0.25, -0.2) is 4.98 Å². The molecule has 2 aromatic rings. The van der Waals surface area contributed by atoms with E-state index in [4.69, 9.17) is 11.6 Å². The first kappa shape index (κ1) is 16.6. The molecule has 0 aliphatic heterocycles. The predicted molar refractivity (Wildman–Crippen MR) is 89.1 cm³/mol. The summed E-state index contributed by atoms with van der Waals surface area (Å²) >= 11 is 5.88. The van der Waals surface area contributed by atoms with Crippen molar-refractivity contribution >= 4 is 17.5 Å². The lowest BCUT2D eigenvalue weighted by Gasteiger charge is -2.15. The zero-order valence-electron chi connectivity index (χ0n) is 13.5. The van der Waals surface area contributed by atoms with Crippen molar-refractivity contribution < 1.29 is 4.79 Å². The monoisotopic (exact) mass is 319 g/mol. The van der Waals surface area contributed by atoms with Gasteiger partial charge in [-0.05, 0) is 45.4 Å². The van der Waals surface area contributed by atoms with Crippen LogP contribution in [0.2, 0.25) is 5.02 Å². The minimum absolute atomic E-state index is 0.0310.